The molecule has 1 aliphatic heterocycles. The Labute approximate surface area is 170 Å². The van der Waals surface area contributed by atoms with Crippen LogP contribution in [0.1, 0.15) is 23.5 Å². The Morgan fingerprint density at radius 1 is 1.30 bits per heavy atom. The molecule has 11 nitrogen and oxygen atoms in total. The summed E-state index contributed by atoms with van der Waals surface area (Å²) in [5, 5.41) is 40.5. The Morgan fingerprint density at radius 2 is 2.00 bits per heavy atom. The van der Waals surface area contributed by atoms with Gasteiger partial charge in [0, 0.05) is 0 Å². The van der Waals surface area contributed by atoms with Crippen molar-refractivity contribution in [3.05, 3.63) is 52.1 Å². The monoisotopic (exact) mass is 418 g/mol. The van der Waals surface area contributed by atoms with Crippen molar-refractivity contribution in [1.82, 2.24) is 14.5 Å². The SMILES string of the molecule is Cc1ccc([C@H](O)Cn2c[n+]([C@@H]3O[C@H](CO)[C@@H](O)[C@H]3O)c3nc(N)[nH]c(=O)c32)cc1. The zero-order chi connectivity index (χ0) is 21.6. The predicted octanol–water partition coefficient (Wildman–Crippen LogP) is -1.75. The van der Waals surface area contributed by atoms with E-state index in [1.807, 2.05) is 19.1 Å². The molecule has 0 spiro atoms. The molecule has 30 heavy (non-hydrogen) atoms. The van der Waals surface area contributed by atoms with Crippen LogP contribution in [0.25, 0.3) is 11.2 Å². The van der Waals surface area contributed by atoms with Gasteiger partial charge in [-0.25, -0.2) is 4.57 Å². The number of hydrogen-bond donors (Lipinski definition) is 6. The third-order valence-corrected chi connectivity index (χ3v) is 5.31. The van der Waals surface area contributed by atoms with Crippen LogP contribution in [0.2, 0.25) is 0 Å². The van der Waals surface area contributed by atoms with Gasteiger partial charge in [0.2, 0.25) is 11.7 Å². The van der Waals surface area contributed by atoms with Gasteiger partial charge in [0.25, 0.3) is 11.5 Å². The summed E-state index contributed by atoms with van der Waals surface area (Å²) in [4.78, 5) is 19.2. The number of nitrogens with two attached hydrogens (primary N) is 1. The van der Waals surface area contributed by atoms with Crippen molar-refractivity contribution >= 4 is 17.1 Å². The largest absolute Gasteiger partial charge is 0.394 e. The molecule has 0 aliphatic carbocycles. The summed E-state index contributed by atoms with van der Waals surface area (Å²) in [6, 6.07) is 7.35. The van der Waals surface area contributed by atoms with E-state index in [0.717, 1.165) is 5.56 Å². The summed E-state index contributed by atoms with van der Waals surface area (Å²) in [5.74, 6) is -0.134. The molecule has 1 aromatic carbocycles. The Bertz CT molecular complexity index is 1110. The molecule has 1 fully saturated rings. The van der Waals surface area contributed by atoms with Gasteiger partial charge >= 0.3 is 5.65 Å². The van der Waals surface area contributed by atoms with E-state index in [2.05, 4.69) is 9.97 Å². The number of ether oxygens (including phenoxy) is 1. The second-order valence-electron chi connectivity index (χ2n) is 7.45. The molecule has 5 atom stereocenters. The van der Waals surface area contributed by atoms with Gasteiger partial charge in [-0.1, -0.05) is 34.8 Å². The summed E-state index contributed by atoms with van der Waals surface area (Å²) in [7, 11) is 0. The summed E-state index contributed by atoms with van der Waals surface area (Å²) in [6.07, 6.45) is -4.24. The van der Waals surface area contributed by atoms with Crippen LogP contribution in [-0.2, 0) is 11.3 Å². The van der Waals surface area contributed by atoms with Gasteiger partial charge < -0.3 is 30.9 Å². The number of aromatic amines is 1. The predicted molar refractivity (Wildman–Crippen MR) is 104 cm³/mol. The third kappa shape index (κ3) is 3.46. The Kier molecular flexibility index (Phi) is 5.30. The standard InChI is InChI=1S/C19H23N5O6/c1-9-2-4-10(5-3-9)11(26)6-23-8-24(16-13(23)17(29)22-19(20)21-16)18-15(28)14(27)12(7-25)30-18/h2-5,8,11-12,14-15,18,25-28H,6-7H2,1H3,(H2-,20,21,22,29)/p+1/t11-,12-,14-,15-,18-/m1/s1. The first-order valence-corrected chi connectivity index (χ1v) is 9.47. The van der Waals surface area contributed by atoms with Crippen LogP contribution in [0.3, 0.4) is 0 Å². The lowest BCUT2D eigenvalue weighted by molar-refractivity contribution is -0.746. The molecule has 3 heterocycles. The van der Waals surface area contributed by atoms with Crippen molar-refractivity contribution in [3.63, 3.8) is 0 Å². The molecule has 0 amide bonds. The highest BCUT2D eigenvalue weighted by Gasteiger charge is 2.46. The van der Waals surface area contributed by atoms with Gasteiger partial charge in [-0.3, -0.25) is 14.3 Å². The molecule has 0 saturated carbocycles. The molecule has 4 rings (SSSR count). The maximum atomic E-state index is 12.6. The first kappa shape index (κ1) is 20.4. The Balaban J connectivity index is 1.77. The first-order chi connectivity index (χ1) is 14.3. The number of nitrogen functional groups attached to an aromatic ring is 1. The highest BCUT2D eigenvalue weighted by atomic mass is 16.6. The fourth-order valence-corrected chi connectivity index (χ4v) is 3.69. The summed E-state index contributed by atoms with van der Waals surface area (Å²) >= 11 is 0. The highest BCUT2D eigenvalue weighted by molar-refractivity contribution is 5.67. The van der Waals surface area contributed by atoms with E-state index in [9.17, 15) is 25.2 Å². The Hall–Kier alpha value is -2.83. The number of hydrogen-bond acceptors (Lipinski definition) is 8. The number of anilines is 1. The average Bonchev–Trinajstić information content (AvgIpc) is 3.20. The van der Waals surface area contributed by atoms with Crippen molar-refractivity contribution < 1.29 is 29.7 Å². The van der Waals surface area contributed by atoms with Gasteiger partial charge in [0.05, 0.1) is 13.2 Å². The summed E-state index contributed by atoms with van der Waals surface area (Å²) in [5.41, 5.74) is 7.12. The zero-order valence-electron chi connectivity index (χ0n) is 16.2. The first-order valence-electron chi connectivity index (χ1n) is 9.47. The van der Waals surface area contributed by atoms with Crippen molar-refractivity contribution in [3.8, 4) is 0 Å². The molecule has 0 bridgehead atoms. The van der Waals surface area contributed by atoms with E-state index in [1.54, 1.807) is 12.1 Å². The number of benzene rings is 1. The van der Waals surface area contributed by atoms with Gasteiger partial charge in [-0.05, 0) is 12.5 Å². The lowest BCUT2D eigenvalue weighted by atomic mass is 10.1. The molecule has 160 valence electrons. The van der Waals surface area contributed by atoms with Crippen molar-refractivity contribution in [2.24, 2.45) is 0 Å². The van der Waals surface area contributed by atoms with Gasteiger partial charge in [-0.2, -0.15) is 0 Å². The van der Waals surface area contributed by atoms with E-state index in [0.29, 0.717) is 5.56 Å². The van der Waals surface area contributed by atoms with Crippen LogP contribution in [-0.4, -0.2) is 59.9 Å². The molecule has 0 unspecified atom stereocenters. The number of aliphatic hydroxyl groups is 4. The normalized spacial score (nSPS) is 25.1. The zero-order valence-corrected chi connectivity index (χ0v) is 16.2. The smallest absolute Gasteiger partial charge is 0.313 e. The number of rotatable bonds is 5. The molecule has 2 aromatic heterocycles. The topological polar surface area (TPSA) is 171 Å². The van der Waals surface area contributed by atoms with Gasteiger partial charge in [0.1, 0.15) is 24.4 Å². The van der Waals surface area contributed by atoms with Crippen molar-refractivity contribution in [2.75, 3.05) is 12.3 Å². The van der Waals surface area contributed by atoms with Crippen LogP contribution in [0.4, 0.5) is 5.95 Å². The minimum absolute atomic E-state index is 0.0238. The lowest BCUT2D eigenvalue weighted by Crippen LogP contribution is -2.46. The number of nitrogens with one attached hydrogen (secondary N) is 1. The number of aryl methyl sites for hydroxylation is 1. The van der Waals surface area contributed by atoms with Crippen molar-refractivity contribution in [2.45, 2.75) is 44.1 Å². The van der Waals surface area contributed by atoms with E-state index >= 15 is 0 Å². The van der Waals surface area contributed by atoms with Crippen LogP contribution in [0.15, 0.2) is 35.4 Å². The van der Waals surface area contributed by atoms with E-state index in [-0.39, 0.29) is 23.7 Å². The lowest BCUT2D eigenvalue weighted by Gasteiger charge is -2.12. The highest BCUT2D eigenvalue weighted by Crippen LogP contribution is 2.27. The molecule has 7 N–H and O–H groups in total. The van der Waals surface area contributed by atoms with E-state index in [4.69, 9.17) is 10.5 Å². The molecule has 1 saturated heterocycles. The van der Waals surface area contributed by atoms with Gasteiger partial charge in [0.15, 0.2) is 6.33 Å². The Morgan fingerprint density at radius 3 is 2.63 bits per heavy atom. The van der Waals surface area contributed by atoms with Gasteiger partial charge in [-0.15, -0.1) is 0 Å². The van der Waals surface area contributed by atoms with Crippen molar-refractivity contribution in [1.29, 1.82) is 0 Å². The maximum absolute atomic E-state index is 12.6. The fourth-order valence-electron chi connectivity index (χ4n) is 3.69. The molecule has 11 heteroatoms. The number of H-pyrrole nitrogens is 1. The maximum Gasteiger partial charge on any atom is 0.313 e. The van der Waals surface area contributed by atoms with Crippen LogP contribution >= 0.6 is 0 Å². The van der Waals surface area contributed by atoms with Crippen LogP contribution < -0.4 is 15.9 Å². The fraction of sp³-hybridized carbons (Fsp3) is 0.421. The second kappa shape index (κ2) is 7.78. The molecular formula is C19H24N5O6+. The number of aromatic nitrogens is 4. The summed E-state index contributed by atoms with van der Waals surface area (Å²) < 4.78 is 8.42. The summed E-state index contributed by atoms with van der Waals surface area (Å²) in [6.45, 7) is 1.47. The van der Waals surface area contributed by atoms with E-state index < -0.39 is 42.8 Å². The average molecular weight is 418 g/mol. The minimum Gasteiger partial charge on any atom is -0.394 e. The molecule has 0 radical (unpaired) electrons. The molecule has 3 aromatic rings. The number of imidazole rings is 1. The minimum atomic E-state index is -1.37. The second-order valence-corrected chi connectivity index (χ2v) is 7.45. The van der Waals surface area contributed by atoms with Crippen LogP contribution in [0.5, 0.6) is 0 Å². The number of nitrogens with zero attached hydrogens (tertiary/aromatic N) is 3. The molecule has 1 aliphatic rings. The quantitative estimate of drug-likeness (QED) is 0.265. The van der Waals surface area contributed by atoms with Crippen LogP contribution in [0, 0.1) is 6.92 Å². The molecular weight excluding hydrogens is 394 g/mol. The number of fused-ring (bicyclic) bond motifs is 1. The number of aliphatic hydroxyl groups excluding tert-OH is 4. The third-order valence-electron chi connectivity index (χ3n) is 5.31. The van der Waals surface area contributed by atoms with E-state index in [1.165, 1.54) is 15.5 Å².